The Kier molecular flexibility index (Phi) is 9.48. The number of Topliss-reactive ketones (excluding diaryl/α,β-unsaturated/α-hetero) is 1. The molecule has 1 aromatic rings. The van der Waals surface area contributed by atoms with E-state index in [-0.39, 0.29) is 13.5 Å². The van der Waals surface area contributed by atoms with E-state index in [0.717, 1.165) is 6.42 Å². The van der Waals surface area contributed by atoms with Gasteiger partial charge in [0.15, 0.2) is 0 Å². The minimum absolute atomic E-state index is 0.120. The highest BCUT2D eigenvalue weighted by molar-refractivity contribution is 7.51. The summed E-state index contributed by atoms with van der Waals surface area (Å²) in [7, 11) is 1.34. The molecule has 0 radical (unpaired) electrons. The van der Waals surface area contributed by atoms with Gasteiger partial charge >= 0.3 is 0 Å². The van der Waals surface area contributed by atoms with Crippen molar-refractivity contribution in [3.63, 3.8) is 0 Å². The number of aromatic nitrogens is 1. The molecule has 2 atom stereocenters. The number of carbonyl (C=O) groups is 1. The minimum atomic E-state index is -0.161. The number of fused-ring (bicyclic) bond motifs is 1. The van der Waals surface area contributed by atoms with Crippen molar-refractivity contribution in [3.8, 4) is 0 Å². The quantitative estimate of drug-likeness (QED) is 0.887. The zero-order chi connectivity index (χ0) is 16.6. The lowest BCUT2D eigenvalue weighted by Gasteiger charge is -2.08. The molecule has 2 rings (SSSR count). The van der Waals surface area contributed by atoms with Crippen molar-refractivity contribution >= 4 is 19.4 Å². The summed E-state index contributed by atoms with van der Waals surface area (Å²) in [6.45, 7) is 12.3. The summed E-state index contributed by atoms with van der Waals surface area (Å²) in [6, 6.07) is 0. The van der Waals surface area contributed by atoms with Crippen LogP contribution in [0.4, 0.5) is 0 Å². The molecule has 0 saturated heterocycles. The topological polar surface area (TPSA) is 56.0 Å². The monoisotopic (exact) mass is 310 g/mol. The van der Waals surface area contributed by atoms with Crippen molar-refractivity contribution in [3.05, 3.63) is 22.0 Å². The number of allylic oxidation sites excluding steroid dienone is 1. The molecule has 0 amide bonds. The van der Waals surface area contributed by atoms with Crippen molar-refractivity contribution < 1.29 is 4.79 Å². The van der Waals surface area contributed by atoms with E-state index in [1.165, 1.54) is 35.2 Å². The summed E-state index contributed by atoms with van der Waals surface area (Å²) >= 11 is 0. The maximum Gasteiger partial charge on any atom is 0.135 e. The summed E-state index contributed by atoms with van der Waals surface area (Å²) in [5.41, 5.74) is 8.41. The van der Waals surface area contributed by atoms with Gasteiger partial charge < -0.3 is 5.73 Å². The van der Waals surface area contributed by atoms with E-state index in [4.69, 9.17) is 4.98 Å². The van der Waals surface area contributed by atoms with Crippen LogP contribution in [0.3, 0.4) is 0 Å². The molecule has 2 heterocycles. The smallest absolute Gasteiger partial charge is 0.135 e. The third kappa shape index (κ3) is 5.09. The Bertz CT molecular complexity index is 489. The first-order chi connectivity index (χ1) is 10.0. The van der Waals surface area contributed by atoms with Gasteiger partial charge in [-0.25, -0.2) is 4.98 Å². The lowest BCUT2D eigenvalue weighted by atomic mass is 9.98. The molecule has 0 spiro atoms. The fraction of sp³-hybridized carbons (Fsp3) is 0.647. The minimum Gasteiger partial charge on any atom is -0.333 e. The maximum absolute atomic E-state index is 11.6. The van der Waals surface area contributed by atoms with E-state index in [2.05, 4.69) is 25.7 Å². The molecular weight excluding hydrogens is 279 g/mol. The van der Waals surface area contributed by atoms with Crippen LogP contribution in [0.5, 0.6) is 0 Å². The molecule has 120 valence electrons. The van der Waals surface area contributed by atoms with Gasteiger partial charge in [0, 0.05) is 24.2 Å². The molecule has 0 fully saturated rings. The summed E-state index contributed by atoms with van der Waals surface area (Å²) in [6.07, 6.45) is 4.87. The standard InChI is InChI=1S/C14H20NOP.C2H6.CH5N/c1-5-13(16)10(3)7-12-11(4)17-8-9(2)6-14(17)15-12;2*1-2/h6,10H,5,7-8H2,1-4H3;1-2H3;2H2,1H3. The number of rotatable bonds is 4. The van der Waals surface area contributed by atoms with E-state index in [1.54, 1.807) is 0 Å². The Morgan fingerprint density at radius 3 is 2.43 bits per heavy atom. The molecule has 0 aliphatic carbocycles. The van der Waals surface area contributed by atoms with Crippen molar-refractivity contribution in [1.29, 1.82) is 0 Å². The molecule has 0 saturated carbocycles. The van der Waals surface area contributed by atoms with E-state index < -0.39 is 0 Å². The zero-order valence-electron chi connectivity index (χ0n) is 14.7. The van der Waals surface area contributed by atoms with Gasteiger partial charge in [0.1, 0.15) is 5.78 Å². The first-order valence-electron chi connectivity index (χ1n) is 7.86. The highest BCUT2D eigenvalue weighted by Gasteiger charge is 2.21. The number of nitrogens with two attached hydrogens (primary N) is 1. The average molecular weight is 310 g/mol. The van der Waals surface area contributed by atoms with Gasteiger partial charge in [-0.2, -0.15) is 0 Å². The lowest BCUT2D eigenvalue weighted by molar-refractivity contribution is -0.122. The van der Waals surface area contributed by atoms with Gasteiger partial charge in [0.05, 0.1) is 5.43 Å². The molecule has 1 aliphatic rings. The van der Waals surface area contributed by atoms with Crippen LogP contribution in [0.25, 0.3) is 6.08 Å². The van der Waals surface area contributed by atoms with Crippen LogP contribution in [-0.4, -0.2) is 17.8 Å². The van der Waals surface area contributed by atoms with Crippen molar-refractivity contribution in [2.45, 2.75) is 60.5 Å². The molecule has 21 heavy (non-hydrogen) atoms. The molecule has 2 unspecified atom stereocenters. The van der Waals surface area contributed by atoms with Gasteiger partial charge in [-0.15, -0.1) is 0 Å². The van der Waals surface area contributed by atoms with Crippen molar-refractivity contribution in [2.75, 3.05) is 7.05 Å². The molecule has 0 aromatic carbocycles. The predicted molar refractivity (Wildman–Crippen MR) is 95.0 cm³/mol. The van der Waals surface area contributed by atoms with Crippen LogP contribution >= 0.6 is 7.53 Å². The summed E-state index contributed by atoms with van der Waals surface area (Å²) < 4.78 is 0. The second-order valence-corrected chi connectivity index (χ2v) is 7.31. The van der Waals surface area contributed by atoms with Gasteiger partial charge in [-0.1, -0.05) is 40.8 Å². The fourth-order valence-electron chi connectivity index (χ4n) is 2.38. The second kappa shape index (κ2) is 9.92. The highest BCUT2D eigenvalue weighted by Crippen LogP contribution is 2.48. The van der Waals surface area contributed by atoms with Gasteiger partial charge in [0.2, 0.25) is 0 Å². The Morgan fingerprint density at radius 1 is 1.38 bits per heavy atom. The summed E-state index contributed by atoms with van der Waals surface area (Å²) in [4.78, 5) is 16.4. The molecule has 0 bridgehead atoms. The number of nitrogens with zero attached hydrogens (tertiary/aromatic N) is 1. The Balaban J connectivity index is 0.000000921. The fourth-order valence-corrected chi connectivity index (χ4v) is 4.78. The van der Waals surface area contributed by atoms with E-state index in [1.807, 2.05) is 27.7 Å². The summed E-state index contributed by atoms with van der Waals surface area (Å²) in [5, 5.41) is 1.44. The molecule has 4 heteroatoms. The molecule has 2 N–H and O–H groups in total. The van der Waals surface area contributed by atoms with Crippen LogP contribution in [0, 0.1) is 12.8 Å². The molecule has 1 aliphatic heterocycles. The van der Waals surface area contributed by atoms with E-state index in [9.17, 15) is 4.79 Å². The van der Waals surface area contributed by atoms with Crippen LogP contribution in [-0.2, 0) is 17.4 Å². The average Bonchev–Trinajstić information content (AvgIpc) is 3.01. The second-order valence-electron chi connectivity index (χ2n) is 5.00. The third-order valence-corrected chi connectivity index (χ3v) is 6.19. The number of ketones is 1. The zero-order valence-corrected chi connectivity index (χ0v) is 15.6. The highest BCUT2D eigenvalue weighted by atomic mass is 31.1. The largest absolute Gasteiger partial charge is 0.333 e. The van der Waals surface area contributed by atoms with Crippen LogP contribution in [0.2, 0.25) is 0 Å². The van der Waals surface area contributed by atoms with Crippen LogP contribution in [0.15, 0.2) is 5.57 Å². The molecule has 1 aromatic heterocycles. The maximum atomic E-state index is 11.6. The molecule has 3 nitrogen and oxygen atoms in total. The van der Waals surface area contributed by atoms with Crippen molar-refractivity contribution in [2.24, 2.45) is 11.7 Å². The van der Waals surface area contributed by atoms with E-state index in [0.29, 0.717) is 12.2 Å². The number of hydrogen-bond acceptors (Lipinski definition) is 3. The van der Waals surface area contributed by atoms with Gasteiger partial charge in [-0.05, 0) is 38.7 Å². The normalized spacial score (nSPS) is 14.1. The SMILES string of the molecule is CC.CCC(=O)C(C)Cc1nc2p(c1C)CC(C)=C2.CN. The first kappa shape index (κ1) is 20.1. The van der Waals surface area contributed by atoms with Gasteiger partial charge in [-0.3, -0.25) is 4.79 Å². The van der Waals surface area contributed by atoms with Gasteiger partial charge in [0.25, 0.3) is 0 Å². The Hall–Kier alpha value is -0.920. The third-order valence-electron chi connectivity index (χ3n) is 3.53. The van der Waals surface area contributed by atoms with E-state index >= 15 is 0 Å². The Labute approximate surface area is 131 Å². The predicted octanol–water partition coefficient (Wildman–Crippen LogP) is 4.55. The van der Waals surface area contributed by atoms with Crippen LogP contribution < -0.4 is 5.73 Å². The number of hydrogen-bond donors (Lipinski definition) is 1. The summed E-state index contributed by atoms with van der Waals surface area (Å²) in [5.74, 6) is 0.469. The van der Waals surface area contributed by atoms with Crippen molar-refractivity contribution in [1.82, 2.24) is 4.98 Å². The first-order valence-corrected chi connectivity index (χ1v) is 9.39. The number of carbonyl (C=O) groups excluding carboxylic acids is 1. The van der Waals surface area contributed by atoms with Crippen LogP contribution in [0.1, 0.15) is 57.5 Å². The lowest BCUT2D eigenvalue weighted by Crippen LogP contribution is -2.13. The molecular formula is C17H31N2OP. The Morgan fingerprint density at radius 2 is 1.95 bits per heavy atom.